The van der Waals surface area contributed by atoms with E-state index in [1.54, 1.807) is 0 Å². The Balaban J connectivity index is 3.80. The maximum Gasteiger partial charge on any atom is 0.331 e. The van der Waals surface area contributed by atoms with Crippen molar-refractivity contribution in [2.45, 2.75) is 6.92 Å². The number of carboxylic acids is 1. The molecule has 2 nitrogen and oxygen atoms in total. The summed E-state index contributed by atoms with van der Waals surface area (Å²) in [7, 11) is 0. The van der Waals surface area contributed by atoms with E-state index in [1.807, 2.05) is 0 Å². The van der Waals surface area contributed by atoms with Crippen LogP contribution in [0.4, 0.5) is 4.39 Å². The van der Waals surface area contributed by atoms with Crippen molar-refractivity contribution in [3.63, 3.8) is 0 Å². The van der Waals surface area contributed by atoms with Gasteiger partial charge in [0.15, 0.2) is 0 Å². The third-order valence-electron chi connectivity index (χ3n) is 0.721. The van der Waals surface area contributed by atoms with Crippen molar-refractivity contribution in [2.24, 2.45) is 0 Å². The van der Waals surface area contributed by atoms with Crippen molar-refractivity contribution in [3.05, 3.63) is 11.6 Å². The Morgan fingerprint density at radius 2 is 2.38 bits per heavy atom. The second kappa shape index (κ2) is 3.18. The summed E-state index contributed by atoms with van der Waals surface area (Å²) in [5.74, 6) is -1.07. The van der Waals surface area contributed by atoms with Crippen LogP contribution in [0, 0.1) is 0 Å². The molecule has 0 saturated carbocycles. The first-order valence-corrected chi connectivity index (χ1v) is 2.14. The normalized spacial score (nSPS) is 11.5. The van der Waals surface area contributed by atoms with Gasteiger partial charge in [-0.15, -0.1) is 0 Å². The van der Waals surface area contributed by atoms with Crippen LogP contribution in [0.15, 0.2) is 11.6 Å². The van der Waals surface area contributed by atoms with Gasteiger partial charge in [-0.3, -0.25) is 0 Å². The zero-order valence-electron chi connectivity index (χ0n) is 4.52. The van der Waals surface area contributed by atoms with Crippen molar-refractivity contribution in [2.75, 3.05) is 6.67 Å². The molecule has 0 unspecified atom stereocenters. The zero-order chi connectivity index (χ0) is 6.57. The Labute approximate surface area is 46.6 Å². The minimum absolute atomic E-state index is 0.0486. The van der Waals surface area contributed by atoms with E-state index in [9.17, 15) is 9.18 Å². The quantitative estimate of drug-likeness (QED) is 0.549. The number of hydrogen-bond donors (Lipinski definition) is 1. The van der Waals surface area contributed by atoms with Gasteiger partial charge < -0.3 is 5.11 Å². The van der Waals surface area contributed by atoms with E-state index >= 15 is 0 Å². The fraction of sp³-hybridized carbons (Fsp3) is 0.400. The van der Waals surface area contributed by atoms with E-state index in [4.69, 9.17) is 5.11 Å². The van der Waals surface area contributed by atoms with Crippen molar-refractivity contribution in [1.82, 2.24) is 0 Å². The topological polar surface area (TPSA) is 37.3 Å². The number of alkyl halides is 1. The van der Waals surface area contributed by atoms with Gasteiger partial charge in [0.2, 0.25) is 0 Å². The average molecular weight is 118 g/mol. The molecule has 0 aliphatic rings. The minimum Gasteiger partial charge on any atom is -0.478 e. The van der Waals surface area contributed by atoms with E-state index < -0.39 is 12.6 Å². The summed E-state index contributed by atoms with van der Waals surface area (Å²) in [6.07, 6.45) is 1.02. The van der Waals surface area contributed by atoms with E-state index in [2.05, 4.69) is 0 Å². The van der Waals surface area contributed by atoms with Crippen molar-refractivity contribution < 1.29 is 14.3 Å². The van der Waals surface area contributed by atoms with Gasteiger partial charge in [0, 0.05) is 5.57 Å². The average Bonchev–Trinajstić information content (AvgIpc) is 1.67. The molecule has 0 aliphatic carbocycles. The van der Waals surface area contributed by atoms with E-state index in [0.717, 1.165) is 6.08 Å². The van der Waals surface area contributed by atoms with E-state index in [0.29, 0.717) is 0 Å². The van der Waals surface area contributed by atoms with E-state index in [1.165, 1.54) is 6.92 Å². The molecule has 0 aromatic carbocycles. The van der Waals surface area contributed by atoms with Crippen molar-refractivity contribution in [3.8, 4) is 0 Å². The van der Waals surface area contributed by atoms with Crippen LogP contribution in [0.25, 0.3) is 0 Å². The van der Waals surface area contributed by atoms with Crippen LogP contribution in [-0.2, 0) is 4.79 Å². The summed E-state index contributed by atoms with van der Waals surface area (Å²) < 4.78 is 11.3. The number of allylic oxidation sites excluding steroid dienone is 1. The Morgan fingerprint density at radius 1 is 1.88 bits per heavy atom. The number of carboxylic acid groups (broad SMARTS) is 1. The van der Waals surface area contributed by atoms with Crippen LogP contribution < -0.4 is 0 Å². The highest BCUT2D eigenvalue weighted by molar-refractivity contribution is 5.85. The number of rotatable bonds is 2. The third-order valence-corrected chi connectivity index (χ3v) is 0.721. The lowest BCUT2D eigenvalue weighted by molar-refractivity contribution is -0.132. The predicted molar refractivity (Wildman–Crippen MR) is 27.4 cm³/mol. The summed E-state index contributed by atoms with van der Waals surface area (Å²) in [6.45, 7) is 0.639. The smallest absolute Gasteiger partial charge is 0.331 e. The van der Waals surface area contributed by atoms with Crippen molar-refractivity contribution in [1.29, 1.82) is 0 Å². The summed E-state index contributed by atoms with van der Waals surface area (Å²) in [5, 5.41) is 8.08. The highest BCUT2D eigenvalue weighted by Crippen LogP contribution is 1.90. The van der Waals surface area contributed by atoms with Crippen LogP contribution in [0.1, 0.15) is 6.92 Å². The summed E-state index contributed by atoms with van der Waals surface area (Å²) >= 11 is 0. The van der Waals surface area contributed by atoms with Gasteiger partial charge >= 0.3 is 5.97 Å². The minimum atomic E-state index is -1.07. The molecule has 0 spiro atoms. The zero-order valence-corrected chi connectivity index (χ0v) is 4.52. The molecule has 0 radical (unpaired) electrons. The number of halogens is 1. The lowest BCUT2D eigenvalue weighted by atomic mass is 10.3. The van der Waals surface area contributed by atoms with Gasteiger partial charge in [-0.2, -0.15) is 0 Å². The third kappa shape index (κ3) is 2.34. The van der Waals surface area contributed by atoms with Gasteiger partial charge in [0.05, 0.1) is 0 Å². The lowest BCUT2D eigenvalue weighted by Gasteiger charge is -1.85. The van der Waals surface area contributed by atoms with Gasteiger partial charge in [0.25, 0.3) is 0 Å². The molecule has 0 bridgehead atoms. The molecule has 0 aromatic heterocycles. The standard InChI is InChI=1S/C5H7FO2/c1-4(2-3-6)5(7)8/h2H,3H2,1H3,(H,7,8). The molecule has 1 N–H and O–H groups in total. The molecule has 0 rings (SSSR count). The molecule has 0 saturated heterocycles. The van der Waals surface area contributed by atoms with Crippen LogP contribution in [0.5, 0.6) is 0 Å². The molecule has 0 amide bonds. The van der Waals surface area contributed by atoms with Crippen LogP contribution in [0.3, 0.4) is 0 Å². The fourth-order valence-corrected chi connectivity index (χ4v) is 0.203. The molecule has 0 aromatic rings. The van der Waals surface area contributed by atoms with E-state index in [-0.39, 0.29) is 5.57 Å². The maximum absolute atomic E-state index is 11.3. The second-order valence-electron chi connectivity index (χ2n) is 1.35. The number of hydrogen-bond acceptors (Lipinski definition) is 1. The van der Waals surface area contributed by atoms with Crippen LogP contribution in [0.2, 0.25) is 0 Å². The molecular formula is C5H7FO2. The molecule has 0 atom stereocenters. The Morgan fingerprint density at radius 3 is 2.50 bits per heavy atom. The summed E-state index contributed by atoms with van der Waals surface area (Å²) in [6, 6.07) is 0. The monoisotopic (exact) mass is 118 g/mol. The molecule has 46 valence electrons. The largest absolute Gasteiger partial charge is 0.478 e. The predicted octanol–water partition coefficient (Wildman–Crippen LogP) is 0.987. The molecule has 0 fully saturated rings. The lowest BCUT2D eigenvalue weighted by Crippen LogP contribution is -1.95. The first-order valence-electron chi connectivity index (χ1n) is 2.14. The Bertz CT molecular complexity index is 118. The van der Waals surface area contributed by atoms with Crippen molar-refractivity contribution >= 4 is 5.97 Å². The molecular weight excluding hydrogens is 111 g/mol. The first kappa shape index (κ1) is 7.14. The second-order valence-corrected chi connectivity index (χ2v) is 1.35. The van der Waals surface area contributed by atoms with Gasteiger partial charge in [0.1, 0.15) is 6.67 Å². The Hall–Kier alpha value is -0.860. The SMILES string of the molecule is CC(=CCF)C(=O)O. The first-order chi connectivity index (χ1) is 3.68. The molecule has 0 aliphatic heterocycles. The maximum atomic E-state index is 11.3. The highest BCUT2D eigenvalue weighted by Gasteiger charge is 1.95. The Kier molecular flexibility index (Phi) is 2.84. The van der Waals surface area contributed by atoms with Gasteiger partial charge in [-0.05, 0) is 13.0 Å². The number of carbonyl (C=O) groups is 1. The summed E-state index contributed by atoms with van der Waals surface area (Å²) in [4.78, 5) is 9.85. The van der Waals surface area contributed by atoms with Crippen LogP contribution >= 0.6 is 0 Å². The highest BCUT2D eigenvalue weighted by atomic mass is 19.1. The molecule has 8 heavy (non-hydrogen) atoms. The summed E-state index contributed by atoms with van der Waals surface area (Å²) in [5.41, 5.74) is 0.0486. The number of aliphatic carboxylic acids is 1. The van der Waals surface area contributed by atoms with Gasteiger partial charge in [-0.25, -0.2) is 9.18 Å². The molecule has 3 heteroatoms. The molecule has 0 heterocycles. The van der Waals surface area contributed by atoms with Gasteiger partial charge in [-0.1, -0.05) is 0 Å². The van der Waals surface area contributed by atoms with Crippen LogP contribution in [-0.4, -0.2) is 17.8 Å². The fourth-order valence-electron chi connectivity index (χ4n) is 0.203.